The summed E-state index contributed by atoms with van der Waals surface area (Å²) in [7, 11) is -5.49. The molecule has 1 aliphatic heterocycles. The van der Waals surface area contributed by atoms with Gasteiger partial charge in [0.25, 0.3) is 0 Å². The molecule has 0 saturated carbocycles. The first-order valence-corrected chi connectivity index (χ1v) is 8.86. The Morgan fingerprint density at radius 2 is 1.70 bits per heavy atom. The van der Waals surface area contributed by atoms with Gasteiger partial charge in [0.15, 0.2) is 0 Å². The van der Waals surface area contributed by atoms with Gasteiger partial charge in [0.05, 0.1) is 6.61 Å². The van der Waals surface area contributed by atoms with E-state index < -0.39 is 58.4 Å². The highest BCUT2D eigenvalue weighted by atomic mass is 32.3. The molecule has 20 heavy (non-hydrogen) atoms. The summed E-state index contributed by atoms with van der Waals surface area (Å²) in [6, 6.07) is 0. The largest absolute Gasteiger partial charge is 0.397 e. The van der Waals surface area contributed by atoms with Crippen LogP contribution in [-0.2, 0) is 25.5 Å². The molecule has 11 heteroatoms. The second kappa shape index (κ2) is 7.33. The van der Waals surface area contributed by atoms with E-state index in [9.17, 15) is 28.8 Å². The summed E-state index contributed by atoms with van der Waals surface area (Å²) in [6.45, 7) is -0.827. The van der Waals surface area contributed by atoms with Crippen LogP contribution < -0.4 is 0 Å². The predicted molar refractivity (Wildman–Crippen MR) is 69.5 cm³/mol. The van der Waals surface area contributed by atoms with Gasteiger partial charge in [-0.25, -0.2) is 4.18 Å². The van der Waals surface area contributed by atoms with E-state index in [0.29, 0.717) is 0 Å². The molecule has 1 saturated heterocycles. The van der Waals surface area contributed by atoms with Crippen molar-refractivity contribution in [3.63, 3.8) is 0 Å². The zero-order valence-electron chi connectivity index (χ0n) is 10.4. The van der Waals surface area contributed by atoms with E-state index in [2.05, 4.69) is 4.18 Å². The molecule has 0 amide bonds. The predicted octanol–water partition coefficient (Wildman–Crippen LogP) is -3.76. The fraction of sp³-hybridized carbons (Fsp3) is 1.00. The molecule has 0 bridgehead atoms. The Labute approximate surface area is 119 Å². The van der Waals surface area contributed by atoms with Crippen molar-refractivity contribution in [3.8, 4) is 0 Å². The number of hydrogen-bond acceptors (Lipinski definition) is 8. The van der Waals surface area contributed by atoms with Crippen molar-refractivity contribution in [1.82, 2.24) is 0 Å². The minimum absolute atomic E-state index is 0.0401. The van der Waals surface area contributed by atoms with Crippen LogP contribution in [0, 0.1) is 0 Å². The lowest BCUT2D eigenvalue weighted by Gasteiger charge is -2.29. The molecule has 1 heterocycles. The minimum atomic E-state index is -4.81. The summed E-state index contributed by atoms with van der Waals surface area (Å²) < 4.78 is 33.7. The molecule has 0 aliphatic carbocycles. The van der Waals surface area contributed by atoms with E-state index in [1.807, 2.05) is 0 Å². The highest BCUT2D eigenvalue weighted by molar-refractivity contribution is 7.97. The molecule has 0 radical (unpaired) electrons. The van der Waals surface area contributed by atoms with Crippen LogP contribution in [0.2, 0.25) is 0 Å². The van der Waals surface area contributed by atoms with E-state index in [4.69, 9.17) is 9.66 Å². The van der Waals surface area contributed by atoms with Gasteiger partial charge in [-0.15, -0.1) is 0 Å². The maximum absolute atomic E-state index is 10.5. The molecule has 1 fully saturated rings. The molecule has 0 aromatic carbocycles. The van der Waals surface area contributed by atoms with Gasteiger partial charge in [-0.3, -0.25) is 4.55 Å². The fourth-order valence-electron chi connectivity index (χ4n) is 1.86. The van der Waals surface area contributed by atoms with Crippen LogP contribution in [-0.4, -0.2) is 92.9 Å². The van der Waals surface area contributed by atoms with Gasteiger partial charge in [0, 0.05) is 0 Å². The first-order chi connectivity index (χ1) is 9.14. The molecule has 0 spiro atoms. The van der Waals surface area contributed by atoms with Gasteiger partial charge < -0.3 is 25.5 Å². The molecular formula is C9H19O9S2+. The summed E-state index contributed by atoms with van der Waals surface area (Å²) in [5.74, 6) is 0.236. The first kappa shape index (κ1) is 18.1. The summed E-state index contributed by atoms with van der Waals surface area (Å²) in [4.78, 5) is 0. The molecule has 3 unspecified atom stereocenters. The van der Waals surface area contributed by atoms with Gasteiger partial charge in [-0.05, 0) is 10.9 Å². The second-order valence-corrected chi connectivity index (χ2v) is 7.82. The van der Waals surface area contributed by atoms with E-state index >= 15 is 0 Å². The lowest BCUT2D eigenvalue weighted by molar-refractivity contribution is -0.0456. The Bertz CT molecular complexity index is 388. The Morgan fingerprint density at radius 3 is 2.10 bits per heavy atom. The van der Waals surface area contributed by atoms with Gasteiger partial charge in [-0.2, -0.15) is 8.42 Å². The van der Waals surface area contributed by atoms with Crippen LogP contribution in [0.5, 0.6) is 0 Å². The first-order valence-electron chi connectivity index (χ1n) is 5.77. The fourth-order valence-corrected chi connectivity index (χ4v) is 4.83. The third kappa shape index (κ3) is 5.42. The van der Waals surface area contributed by atoms with Crippen molar-refractivity contribution in [1.29, 1.82) is 0 Å². The highest BCUT2D eigenvalue weighted by Gasteiger charge is 2.43. The van der Waals surface area contributed by atoms with Crippen LogP contribution in [0.25, 0.3) is 0 Å². The molecule has 0 aromatic heterocycles. The van der Waals surface area contributed by atoms with Crippen molar-refractivity contribution < 1.29 is 42.7 Å². The zero-order valence-corrected chi connectivity index (χ0v) is 12.1. The zero-order chi connectivity index (χ0) is 15.5. The van der Waals surface area contributed by atoms with Gasteiger partial charge in [0.1, 0.15) is 47.8 Å². The van der Waals surface area contributed by atoms with Crippen LogP contribution >= 0.6 is 0 Å². The van der Waals surface area contributed by atoms with Gasteiger partial charge in [-0.1, -0.05) is 0 Å². The van der Waals surface area contributed by atoms with Crippen molar-refractivity contribution in [2.24, 2.45) is 0 Å². The molecule has 6 atom stereocenters. The highest BCUT2D eigenvalue weighted by Crippen LogP contribution is 2.18. The third-order valence-electron chi connectivity index (χ3n) is 2.86. The van der Waals surface area contributed by atoms with E-state index in [0.717, 1.165) is 0 Å². The minimum Gasteiger partial charge on any atom is -0.394 e. The molecule has 1 aliphatic rings. The summed E-state index contributed by atoms with van der Waals surface area (Å²) in [5, 5.41) is 47.1. The van der Waals surface area contributed by atoms with E-state index in [-0.39, 0.29) is 17.3 Å². The molecule has 0 aromatic rings. The smallest absolute Gasteiger partial charge is 0.394 e. The number of rotatable bonds is 6. The summed E-state index contributed by atoms with van der Waals surface area (Å²) in [6.07, 6.45) is -6.45. The van der Waals surface area contributed by atoms with Crippen molar-refractivity contribution in [2.75, 3.05) is 23.9 Å². The number of aliphatic hydroxyl groups is 5. The normalized spacial score (nSPS) is 34.7. The Hall–Kier alpha value is 0.0200. The summed E-state index contributed by atoms with van der Waals surface area (Å²) in [5.41, 5.74) is 0. The molecular weight excluding hydrogens is 316 g/mol. The van der Waals surface area contributed by atoms with Crippen LogP contribution in [0.1, 0.15) is 0 Å². The quantitative estimate of drug-likeness (QED) is 0.211. The van der Waals surface area contributed by atoms with Crippen molar-refractivity contribution >= 4 is 21.3 Å². The Balaban J connectivity index is 2.58. The van der Waals surface area contributed by atoms with E-state index in [1.54, 1.807) is 0 Å². The lowest BCUT2D eigenvalue weighted by atomic mass is 10.1. The monoisotopic (exact) mass is 335 g/mol. The Morgan fingerprint density at radius 1 is 1.20 bits per heavy atom. The maximum Gasteiger partial charge on any atom is 0.397 e. The maximum atomic E-state index is 10.5. The Kier molecular flexibility index (Phi) is 6.63. The van der Waals surface area contributed by atoms with Crippen molar-refractivity contribution in [3.05, 3.63) is 0 Å². The van der Waals surface area contributed by atoms with Crippen molar-refractivity contribution in [2.45, 2.75) is 30.5 Å². The SMILES string of the molecule is O=S(=O)(O)O[C@H](CO)[C@@H](O)C[S+]1CC(O)C(O)[C@H](O)C1. The van der Waals surface area contributed by atoms with Crippen LogP contribution in [0.4, 0.5) is 0 Å². The van der Waals surface area contributed by atoms with Crippen LogP contribution in [0.15, 0.2) is 0 Å². The average Bonchev–Trinajstić information content (AvgIpc) is 2.31. The average molecular weight is 335 g/mol. The second-order valence-electron chi connectivity index (χ2n) is 4.55. The molecule has 6 N–H and O–H groups in total. The number of hydrogen-bond donors (Lipinski definition) is 6. The lowest BCUT2D eigenvalue weighted by Crippen LogP contribution is -2.53. The standard InChI is InChI=1S/C9H18O9S2/c10-1-8(18-20(15,16)17)5(11)2-19-3-6(12)9(14)7(13)4-19/h5-14H,1-4H2/p+1/t5-,6+,7?,8+,9?,19?/m0/s1. The van der Waals surface area contributed by atoms with E-state index in [1.165, 1.54) is 0 Å². The van der Waals surface area contributed by atoms with Crippen LogP contribution in [0.3, 0.4) is 0 Å². The number of aliphatic hydroxyl groups excluding tert-OH is 5. The van der Waals surface area contributed by atoms with Gasteiger partial charge >= 0.3 is 10.4 Å². The topological polar surface area (TPSA) is 165 Å². The summed E-state index contributed by atoms with van der Waals surface area (Å²) >= 11 is 0. The molecule has 120 valence electrons. The molecule has 9 nitrogen and oxygen atoms in total. The third-order valence-corrected chi connectivity index (χ3v) is 5.79. The van der Waals surface area contributed by atoms with Gasteiger partial charge in [0.2, 0.25) is 0 Å². The molecule has 1 rings (SSSR count).